The zero-order chi connectivity index (χ0) is 27.7. The molecule has 0 aliphatic carbocycles. The van der Waals surface area contributed by atoms with E-state index in [4.69, 9.17) is 17.0 Å². The lowest BCUT2D eigenvalue weighted by Gasteiger charge is -2.34. The molecular weight excluding hydrogens is 530 g/mol. The van der Waals surface area contributed by atoms with Crippen LogP contribution in [0.2, 0.25) is 0 Å². The van der Waals surface area contributed by atoms with E-state index in [1.54, 1.807) is 22.6 Å². The number of aromatic nitrogens is 1. The smallest absolute Gasteiger partial charge is 0.309 e. The van der Waals surface area contributed by atoms with Gasteiger partial charge >= 0.3 is 5.97 Å². The number of benzene rings is 2. The molecule has 2 aliphatic rings. The fraction of sp³-hybridized carbons (Fsp3) is 0.333. The Kier molecular flexibility index (Phi) is 7.91. The number of aryl methyl sites for hydroxylation is 1. The van der Waals surface area contributed by atoms with Gasteiger partial charge in [0.15, 0.2) is 0 Å². The molecule has 1 amide bonds. The number of rotatable bonds is 6. The summed E-state index contributed by atoms with van der Waals surface area (Å²) >= 11 is 6.85. The molecule has 7 nitrogen and oxygen atoms in total. The third kappa shape index (κ3) is 5.13. The van der Waals surface area contributed by atoms with E-state index in [1.807, 2.05) is 68.4 Å². The topological polar surface area (TPSA) is 71.8 Å². The van der Waals surface area contributed by atoms with Crippen LogP contribution in [0, 0.1) is 5.92 Å². The normalized spacial score (nSPS) is 18.3. The van der Waals surface area contributed by atoms with Crippen molar-refractivity contribution in [2.24, 2.45) is 13.0 Å². The second kappa shape index (κ2) is 11.4. The molecule has 1 aromatic heterocycles. The Hall–Kier alpha value is -3.43. The van der Waals surface area contributed by atoms with Gasteiger partial charge in [-0.3, -0.25) is 19.3 Å². The maximum atomic E-state index is 13.8. The van der Waals surface area contributed by atoms with Crippen LogP contribution >= 0.6 is 24.0 Å². The fourth-order valence-corrected chi connectivity index (χ4v) is 6.80. The number of fused-ring (bicyclic) bond motifs is 1. The van der Waals surface area contributed by atoms with Gasteiger partial charge < -0.3 is 14.2 Å². The number of amides is 1. The Labute approximate surface area is 237 Å². The molecule has 1 atom stereocenters. The Morgan fingerprint density at radius 1 is 1.10 bits per heavy atom. The Bertz CT molecular complexity index is 1520. The van der Waals surface area contributed by atoms with E-state index in [0.717, 1.165) is 22.2 Å². The van der Waals surface area contributed by atoms with Crippen molar-refractivity contribution in [1.29, 1.82) is 0 Å². The summed E-state index contributed by atoms with van der Waals surface area (Å²) in [5.41, 5.74) is 2.86. The highest BCUT2D eigenvalue weighted by Gasteiger charge is 2.37. The Morgan fingerprint density at radius 3 is 2.46 bits per heavy atom. The predicted molar refractivity (Wildman–Crippen MR) is 161 cm³/mol. The summed E-state index contributed by atoms with van der Waals surface area (Å²) in [4.78, 5) is 44.0. The predicted octanol–water partition coefficient (Wildman–Crippen LogP) is 5.28. The lowest BCUT2D eigenvalue weighted by atomic mass is 9.95. The van der Waals surface area contributed by atoms with Gasteiger partial charge in [0.05, 0.1) is 40.2 Å². The van der Waals surface area contributed by atoms with E-state index < -0.39 is 0 Å². The van der Waals surface area contributed by atoms with Gasteiger partial charge in [-0.25, -0.2) is 0 Å². The molecule has 2 aromatic carbocycles. The van der Waals surface area contributed by atoms with Crippen LogP contribution in [0.4, 0.5) is 5.69 Å². The van der Waals surface area contributed by atoms with Gasteiger partial charge in [-0.1, -0.05) is 72.5 Å². The van der Waals surface area contributed by atoms with Gasteiger partial charge in [-0.05, 0) is 44.4 Å². The molecule has 2 saturated heterocycles. The minimum atomic E-state index is -0.231. The summed E-state index contributed by atoms with van der Waals surface area (Å²) in [5, 5.41) is 0.925. The average molecular weight is 562 g/mol. The highest BCUT2D eigenvalue weighted by molar-refractivity contribution is 8.26. The van der Waals surface area contributed by atoms with Crippen LogP contribution in [0.3, 0.4) is 0 Å². The van der Waals surface area contributed by atoms with Crippen LogP contribution in [-0.2, 0) is 21.4 Å². The van der Waals surface area contributed by atoms with Crippen LogP contribution in [0.15, 0.2) is 64.3 Å². The summed E-state index contributed by atoms with van der Waals surface area (Å²) in [6.45, 7) is 5.34. The fourth-order valence-electron chi connectivity index (χ4n) is 5.40. The number of hydrogen-bond donors (Lipinski definition) is 0. The van der Waals surface area contributed by atoms with Crippen LogP contribution in [0.5, 0.6) is 0 Å². The van der Waals surface area contributed by atoms with Gasteiger partial charge in [0, 0.05) is 25.5 Å². The van der Waals surface area contributed by atoms with Gasteiger partial charge in [-0.2, -0.15) is 0 Å². The van der Waals surface area contributed by atoms with Crippen molar-refractivity contribution in [2.45, 2.75) is 32.7 Å². The number of pyridine rings is 1. The molecule has 39 heavy (non-hydrogen) atoms. The van der Waals surface area contributed by atoms with E-state index in [2.05, 4.69) is 4.90 Å². The molecule has 5 rings (SSSR count). The van der Waals surface area contributed by atoms with Crippen molar-refractivity contribution in [2.75, 3.05) is 24.6 Å². The minimum Gasteiger partial charge on any atom is -0.466 e. The Morgan fingerprint density at radius 2 is 1.77 bits per heavy atom. The molecule has 9 heteroatoms. The highest BCUT2D eigenvalue weighted by Crippen LogP contribution is 2.40. The first-order valence-corrected chi connectivity index (χ1v) is 14.4. The monoisotopic (exact) mass is 561 g/mol. The molecule has 0 N–H and O–H groups in total. The number of piperidine rings is 1. The summed E-state index contributed by atoms with van der Waals surface area (Å²) in [6.07, 6.45) is 2.98. The Balaban J connectivity index is 1.55. The molecule has 202 valence electrons. The summed E-state index contributed by atoms with van der Waals surface area (Å²) < 4.78 is 7.34. The third-order valence-electron chi connectivity index (χ3n) is 7.51. The van der Waals surface area contributed by atoms with Crippen molar-refractivity contribution in [1.82, 2.24) is 9.47 Å². The summed E-state index contributed by atoms with van der Waals surface area (Å²) in [5.74, 6) is -0.524. The molecule has 1 unspecified atom stereocenters. The molecule has 0 saturated carbocycles. The number of carbonyl (C=O) groups is 2. The maximum absolute atomic E-state index is 13.8. The van der Waals surface area contributed by atoms with Crippen molar-refractivity contribution < 1.29 is 14.3 Å². The largest absolute Gasteiger partial charge is 0.466 e. The van der Waals surface area contributed by atoms with Crippen LogP contribution in [-0.4, -0.2) is 45.4 Å². The molecule has 2 fully saturated rings. The number of esters is 1. The third-order valence-corrected chi connectivity index (χ3v) is 8.84. The number of para-hydroxylation sites is 1. The standard InChI is InChI=1S/C30H31N3O4S2/c1-4-37-29(36)21-14-16-32(17-15-21)26-22-12-8-9-13-24(22)31(3)27(34)23(26)18-25-28(35)33(30(38)39-25)19(2)20-10-6-5-7-11-20/h5-13,18-19,21H,4,14-17H2,1-3H3. The lowest BCUT2D eigenvalue weighted by molar-refractivity contribution is -0.148. The zero-order valence-electron chi connectivity index (χ0n) is 22.3. The number of thiocarbonyl (C=S) groups is 1. The lowest BCUT2D eigenvalue weighted by Crippen LogP contribution is -2.38. The van der Waals surface area contributed by atoms with Crippen LogP contribution in [0.25, 0.3) is 17.0 Å². The number of anilines is 1. The molecule has 2 aliphatic heterocycles. The van der Waals surface area contributed by atoms with Gasteiger partial charge in [-0.15, -0.1) is 0 Å². The van der Waals surface area contributed by atoms with Crippen molar-refractivity contribution >= 4 is 62.8 Å². The summed E-state index contributed by atoms with van der Waals surface area (Å²) in [7, 11) is 1.75. The number of hydrogen-bond acceptors (Lipinski definition) is 7. The first-order chi connectivity index (χ1) is 18.8. The molecule has 0 spiro atoms. The van der Waals surface area contributed by atoms with E-state index in [-0.39, 0.29) is 29.4 Å². The quantitative estimate of drug-likeness (QED) is 0.230. The second-order valence-electron chi connectivity index (χ2n) is 9.80. The SMILES string of the molecule is CCOC(=O)C1CCN(c2c(C=C3SC(=S)N(C(C)c4ccccc4)C3=O)c(=O)n(C)c3ccccc23)CC1. The minimum absolute atomic E-state index is 0.154. The first kappa shape index (κ1) is 27.1. The molecule has 0 radical (unpaired) electrons. The second-order valence-corrected chi connectivity index (χ2v) is 11.5. The zero-order valence-corrected chi connectivity index (χ0v) is 23.9. The number of nitrogens with zero attached hydrogens (tertiary/aromatic N) is 3. The van der Waals surface area contributed by atoms with Gasteiger partial charge in [0.1, 0.15) is 4.32 Å². The van der Waals surface area contributed by atoms with Crippen molar-refractivity contribution in [3.63, 3.8) is 0 Å². The van der Waals surface area contributed by atoms with E-state index in [1.165, 1.54) is 11.8 Å². The number of ether oxygens (including phenoxy) is 1. The first-order valence-electron chi connectivity index (χ1n) is 13.2. The van der Waals surface area contributed by atoms with Crippen LogP contribution < -0.4 is 10.5 Å². The molecule has 3 aromatic rings. The van der Waals surface area contributed by atoms with Crippen LogP contribution in [0.1, 0.15) is 43.9 Å². The maximum Gasteiger partial charge on any atom is 0.309 e. The number of thioether (sulfide) groups is 1. The molecule has 3 heterocycles. The van der Waals surface area contributed by atoms with Crippen molar-refractivity contribution in [3.8, 4) is 0 Å². The van der Waals surface area contributed by atoms with E-state index in [9.17, 15) is 14.4 Å². The van der Waals surface area contributed by atoms with E-state index in [0.29, 0.717) is 47.3 Å². The number of carbonyl (C=O) groups excluding carboxylic acids is 2. The van der Waals surface area contributed by atoms with Gasteiger partial charge in [0.2, 0.25) is 0 Å². The van der Waals surface area contributed by atoms with E-state index >= 15 is 0 Å². The summed E-state index contributed by atoms with van der Waals surface area (Å²) in [6, 6.07) is 17.3. The molecular formula is C30H31N3O4S2. The van der Waals surface area contributed by atoms with Gasteiger partial charge in [0.25, 0.3) is 11.5 Å². The highest BCUT2D eigenvalue weighted by atomic mass is 32.2. The molecule has 0 bridgehead atoms. The average Bonchev–Trinajstić information content (AvgIpc) is 3.24. The van der Waals surface area contributed by atoms with Crippen molar-refractivity contribution in [3.05, 3.63) is 81.0 Å².